The third kappa shape index (κ3) is 5.16. The largest absolute Gasteiger partial charge is 0.444 e. The highest BCUT2D eigenvalue weighted by atomic mass is 19.1. The Kier molecular flexibility index (Phi) is 6.73. The minimum atomic E-state index is -0.646. The molecule has 1 fully saturated rings. The van der Waals surface area contributed by atoms with Crippen LogP contribution >= 0.6 is 0 Å². The predicted octanol–water partition coefficient (Wildman–Crippen LogP) is 6.61. The van der Waals surface area contributed by atoms with Crippen LogP contribution in [0.4, 0.5) is 19.4 Å². The van der Waals surface area contributed by atoms with E-state index in [0.29, 0.717) is 48.8 Å². The zero-order valence-corrected chi connectivity index (χ0v) is 22.0. The van der Waals surface area contributed by atoms with Gasteiger partial charge in [0, 0.05) is 55.0 Å². The van der Waals surface area contributed by atoms with Gasteiger partial charge in [-0.15, -0.1) is 0 Å². The second kappa shape index (κ2) is 10.0. The van der Waals surface area contributed by atoms with Crippen molar-refractivity contribution in [3.63, 3.8) is 0 Å². The number of carbonyl (C=O) groups excluding carboxylic acids is 1. The van der Waals surface area contributed by atoms with Crippen molar-refractivity contribution < 1.29 is 18.3 Å². The lowest BCUT2D eigenvalue weighted by atomic mass is 9.97. The van der Waals surface area contributed by atoms with Crippen LogP contribution in [0.25, 0.3) is 33.3 Å². The maximum atomic E-state index is 15.1. The Morgan fingerprint density at radius 1 is 0.921 bits per heavy atom. The van der Waals surface area contributed by atoms with Gasteiger partial charge in [0.1, 0.15) is 23.1 Å². The molecule has 0 unspecified atom stereocenters. The number of aryl methyl sites for hydroxylation is 1. The Morgan fingerprint density at radius 2 is 1.66 bits per heavy atom. The molecule has 196 valence electrons. The van der Waals surface area contributed by atoms with Crippen molar-refractivity contribution in [1.29, 1.82) is 0 Å². The number of pyridine rings is 2. The molecule has 0 bridgehead atoms. The lowest BCUT2D eigenvalue weighted by Crippen LogP contribution is -2.50. The highest BCUT2D eigenvalue weighted by Crippen LogP contribution is 2.37. The molecule has 1 amide bonds. The molecule has 8 heteroatoms. The van der Waals surface area contributed by atoms with Crippen molar-refractivity contribution in [3.05, 3.63) is 78.0 Å². The average molecular weight is 517 g/mol. The summed E-state index contributed by atoms with van der Waals surface area (Å²) in [5, 5.41) is 0.722. The molecular formula is C30H30F2N4O2. The summed E-state index contributed by atoms with van der Waals surface area (Å²) in [5.74, 6) is -0.638. The van der Waals surface area contributed by atoms with Crippen LogP contribution in [0.15, 0.2) is 60.8 Å². The van der Waals surface area contributed by atoms with E-state index >= 15 is 4.39 Å². The number of rotatable bonds is 3. The molecule has 4 aromatic rings. The molecule has 2 aromatic carbocycles. The van der Waals surface area contributed by atoms with E-state index in [1.807, 2.05) is 64.1 Å². The number of benzene rings is 2. The second-order valence-electron chi connectivity index (χ2n) is 10.5. The number of piperazine rings is 1. The fraction of sp³-hybridized carbons (Fsp3) is 0.300. The fourth-order valence-electron chi connectivity index (χ4n) is 4.71. The van der Waals surface area contributed by atoms with E-state index < -0.39 is 17.2 Å². The van der Waals surface area contributed by atoms with Gasteiger partial charge in [0.25, 0.3) is 0 Å². The normalized spacial score (nSPS) is 14.2. The molecule has 0 saturated carbocycles. The third-order valence-electron chi connectivity index (χ3n) is 6.59. The van der Waals surface area contributed by atoms with E-state index in [0.717, 1.165) is 22.6 Å². The summed E-state index contributed by atoms with van der Waals surface area (Å²) < 4.78 is 34.3. The van der Waals surface area contributed by atoms with Gasteiger partial charge in [-0.1, -0.05) is 24.3 Å². The maximum absolute atomic E-state index is 15.1. The number of carbonyl (C=O) groups is 1. The number of aromatic nitrogens is 2. The lowest BCUT2D eigenvalue weighted by molar-refractivity contribution is 0.0240. The van der Waals surface area contributed by atoms with Crippen molar-refractivity contribution >= 4 is 22.8 Å². The van der Waals surface area contributed by atoms with Crippen LogP contribution in [0.3, 0.4) is 0 Å². The summed E-state index contributed by atoms with van der Waals surface area (Å²) in [4.78, 5) is 26.0. The first-order valence-corrected chi connectivity index (χ1v) is 12.6. The molecule has 3 heterocycles. The third-order valence-corrected chi connectivity index (χ3v) is 6.59. The summed E-state index contributed by atoms with van der Waals surface area (Å²) in [6.45, 7) is 9.53. The average Bonchev–Trinajstić information content (AvgIpc) is 2.87. The topological polar surface area (TPSA) is 58.6 Å². The second-order valence-corrected chi connectivity index (χ2v) is 10.5. The molecule has 0 radical (unpaired) electrons. The number of ether oxygens (including phenoxy) is 1. The van der Waals surface area contributed by atoms with Crippen LogP contribution in [0.2, 0.25) is 0 Å². The van der Waals surface area contributed by atoms with E-state index in [1.54, 1.807) is 11.1 Å². The van der Waals surface area contributed by atoms with Crippen molar-refractivity contribution in [1.82, 2.24) is 14.9 Å². The minimum absolute atomic E-state index is 0.286. The highest BCUT2D eigenvalue weighted by Gasteiger charge is 2.27. The molecule has 1 saturated heterocycles. The van der Waals surface area contributed by atoms with Crippen LogP contribution < -0.4 is 4.90 Å². The van der Waals surface area contributed by atoms with Gasteiger partial charge >= 0.3 is 6.09 Å². The van der Waals surface area contributed by atoms with Gasteiger partial charge in [0.2, 0.25) is 0 Å². The van der Waals surface area contributed by atoms with Crippen LogP contribution in [0, 0.1) is 18.6 Å². The van der Waals surface area contributed by atoms with Crippen LogP contribution in [0.5, 0.6) is 0 Å². The first-order valence-electron chi connectivity index (χ1n) is 12.6. The van der Waals surface area contributed by atoms with Crippen molar-refractivity contribution in [2.45, 2.75) is 33.3 Å². The quantitative estimate of drug-likeness (QED) is 0.307. The molecule has 6 nitrogen and oxygen atoms in total. The summed E-state index contributed by atoms with van der Waals surface area (Å²) in [7, 11) is 0. The summed E-state index contributed by atoms with van der Waals surface area (Å²) in [5.41, 5.74) is 3.62. The summed E-state index contributed by atoms with van der Waals surface area (Å²) in [6, 6.07) is 15.2. The van der Waals surface area contributed by atoms with Crippen LogP contribution in [-0.2, 0) is 4.74 Å². The van der Waals surface area contributed by atoms with Gasteiger partial charge < -0.3 is 14.5 Å². The fourth-order valence-corrected chi connectivity index (χ4v) is 4.71. The van der Waals surface area contributed by atoms with Gasteiger partial charge in [0.15, 0.2) is 0 Å². The zero-order chi connectivity index (χ0) is 27.0. The van der Waals surface area contributed by atoms with Gasteiger partial charge in [-0.25, -0.2) is 18.6 Å². The molecule has 0 atom stereocenters. The highest BCUT2D eigenvalue weighted by molar-refractivity contribution is 6.02. The Balaban J connectivity index is 1.60. The first kappa shape index (κ1) is 25.6. The maximum Gasteiger partial charge on any atom is 0.410 e. The molecule has 1 aliphatic heterocycles. The number of amides is 1. The summed E-state index contributed by atoms with van der Waals surface area (Å²) >= 11 is 0. The molecule has 0 spiro atoms. The molecule has 0 aliphatic carbocycles. The molecular weight excluding hydrogens is 486 g/mol. The first-order chi connectivity index (χ1) is 18.1. The van der Waals surface area contributed by atoms with E-state index in [1.165, 1.54) is 12.1 Å². The number of hydrogen-bond acceptors (Lipinski definition) is 5. The minimum Gasteiger partial charge on any atom is -0.444 e. The van der Waals surface area contributed by atoms with Gasteiger partial charge in [-0.3, -0.25) is 4.98 Å². The number of nitrogens with zero attached hydrogens (tertiary/aromatic N) is 4. The van der Waals surface area contributed by atoms with Gasteiger partial charge in [-0.05, 0) is 63.1 Å². The Bertz CT molecular complexity index is 1510. The number of halogens is 2. The lowest BCUT2D eigenvalue weighted by Gasteiger charge is -2.36. The van der Waals surface area contributed by atoms with Gasteiger partial charge in [-0.2, -0.15) is 0 Å². The van der Waals surface area contributed by atoms with E-state index in [4.69, 9.17) is 9.72 Å². The summed E-state index contributed by atoms with van der Waals surface area (Å²) in [6.07, 6.45) is 1.35. The monoisotopic (exact) mass is 516 g/mol. The number of fused-ring (bicyclic) bond motifs is 1. The standard InChI is InChI=1S/C30H30F2N4O2/c1-19-7-5-6-8-21(19)27-28-23(11-12-33-27)24(22-10-9-20(31)17-25(22)32)18-26(34-28)35-13-15-36(16-14-35)29(37)38-30(2,3)4/h5-12,17-18H,13-16H2,1-4H3. The predicted molar refractivity (Wildman–Crippen MR) is 145 cm³/mol. The van der Waals surface area contributed by atoms with Gasteiger partial charge in [0.05, 0.1) is 11.2 Å². The van der Waals surface area contributed by atoms with E-state index in [-0.39, 0.29) is 11.7 Å². The van der Waals surface area contributed by atoms with Crippen LogP contribution in [-0.4, -0.2) is 52.7 Å². The molecule has 1 aliphatic rings. The Labute approximate surface area is 220 Å². The van der Waals surface area contributed by atoms with Crippen molar-refractivity contribution in [2.24, 2.45) is 0 Å². The van der Waals surface area contributed by atoms with E-state index in [9.17, 15) is 9.18 Å². The number of hydrogen-bond donors (Lipinski definition) is 0. The zero-order valence-electron chi connectivity index (χ0n) is 22.0. The SMILES string of the molecule is Cc1ccccc1-c1nccc2c(-c3ccc(F)cc3F)cc(N3CCN(C(=O)OC(C)(C)C)CC3)nc12. The molecule has 2 aromatic heterocycles. The molecule has 38 heavy (non-hydrogen) atoms. The number of anilines is 1. The van der Waals surface area contributed by atoms with Crippen molar-refractivity contribution in [3.8, 4) is 22.4 Å². The molecule has 5 rings (SSSR count). The Hall–Kier alpha value is -4.07. The molecule has 0 N–H and O–H groups in total. The smallest absolute Gasteiger partial charge is 0.410 e. The Morgan fingerprint density at radius 3 is 2.34 bits per heavy atom. The van der Waals surface area contributed by atoms with E-state index in [2.05, 4.69) is 9.88 Å². The van der Waals surface area contributed by atoms with Crippen LogP contribution in [0.1, 0.15) is 26.3 Å². The van der Waals surface area contributed by atoms with Crippen molar-refractivity contribution in [2.75, 3.05) is 31.1 Å².